The second-order valence-electron chi connectivity index (χ2n) is 3.26. The smallest absolute Gasteiger partial charge is 0.169 e. The molecule has 2 aromatic rings. The maximum absolute atomic E-state index is 6.10. The molecular weight excluding hydrogens is 247 g/mol. The lowest BCUT2D eigenvalue weighted by molar-refractivity contribution is 0.767. The normalized spacial score (nSPS) is 10.7. The van der Waals surface area contributed by atoms with Crippen molar-refractivity contribution in [1.29, 1.82) is 0 Å². The summed E-state index contributed by atoms with van der Waals surface area (Å²) in [5.41, 5.74) is 7.22. The highest BCUT2D eigenvalue weighted by molar-refractivity contribution is 6.43. The van der Waals surface area contributed by atoms with Crippen molar-refractivity contribution < 1.29 is 0 Å². The minimum Gasteiger partial charge on any atom is -0.381 e. The van der Waals surface area contributed by atoms with E-state index in [2.05, 4.69) is 10.3 Å². The molecular formula is C10H10Cl2N4. The number of nitrogens with two attached hydrogens (primary N) is 1. The van der Waals surface area contributed by atoms with Gasteiger partial charge in [-0.1, -0.05) is 41.4 Å². The zero-order chi connectivity index (χ0) is 11.7. The van der Waals surface area contributed by atoms with Gasteiger partial charge < -0.3 is 5.73 Å². The summed E-state index contributed by atoms with van der Waals surface area (Å²) in [7, 11) is 0. The number of anilines is 1. The molecule has 0 radical (unpaired) electrons. The lowest BCUT2D eigenvalue weighted by Gasteiger charge is -2.07. The monoisotopic (exact) mass is 256 g/mol. The van der Waals surface area contributed by atoms with Crippen LogP contribution in [0, 0.1) is 0 Å². The van der Waals surface area contributed by atoms with E-state index in [4.69, 9.17) is 28.9 Å². The maximum Gasteiger partial charge on any atom is 0.169 e. The zero-order valence-corrected chi connectivity index (χ0v) is 10.1. The number of nitrogen functional groups attached to an aromatic ring is 1. The van der Waals surface area contributed by atoms with Crippen LogP contribution in [0.25, 0.3) is 5.69 Å². The minimum atomic E-state index is 0.415. The highest BCUT2D eigenvalue weighted by Crippen LogP contribution is 2.29. The molecule has 84 valence electrons. The summed E-state index contributed by atoms with van der Waals surface area (Å²) >= 11 is 12.0. The summed E-state index contributed by atoms with van der Waals surface area (Å²) in [6.45, 7) is 1.98. The standard InChI is InChI=1S/C10H10Cl2N4/c1-2-7-10(13)14-15-16(7)8-5-3-4-6(11)9(8)12/h3-5H,2,13H2,1H3. The van der Waals surface area contributed by atoms with Gasteiger partial charge in [0.25, 0.3) is 0 Å². The van der Waals surface area contributed by atoms with Crippen LogP contribution in [0.2, 0.25) is 10.0 Å². The molecule has 0 bridgehead atoms. The van der Waals surface area contributed by atoms with E-state index in [0.717, 1.165) is 12.1 Å². The van der Waals surface area contributed by atoms with Crippen molar-refractivity contribution in [2.75, 3.05) is 5.73 Å². The van der Waals surface area contributed by atoms with Crippen molar-refractivity contribution in [3.8, 4) is 5.69 Å². The van der Waals surface area contributed by atoms with Crippen LogP contribution in [0.1, 0.15) is 12.6 Å². The SMILES string of the molecule is CCc1c(N)nnn1-c1cccc(Cl)c1Cl. The fourth-order valence-electron chi connectivity index (χ4n) is 1.49. The Morgan fingerprint density at radius 3 is 2.81 bits per heavy atom. The number of hydrogen-bond acceptors (Lipinski definition) is 3. The molecule has 4 nitrogen and oxygen atoms in total. The Balaban J connectivity index is 2.63. The number of hydrogen-bond donors (Lipinski definition) is 1. The zero-order valence-electron chi connectivity index (χ0n) is 8.61. The van der Waals surface area contributed by atoms with Crippen molar-refractivity contribution in [2.45, 2.75) is 13.3 Å². The first-order valence-corrected chi connectivity index (χ1v) is 5.55. The van der Waals surface area contributed by atoms with Crippen LogP contribution in [0.4, 0.5) is 5.82 Å². The molecule has 0 unspecified atom stereocenters. The first-order chi connectivity index (χ1) is 7.65. The first-order valence-electron chi connectivity index (χ1n) is 4.79. The third-order valence-electron chi connectivity index (χ3n) is 2.29. The molecule has 2 rings (SSSR count). The molecule has 0 aliphatic heterocycles. The van der Waals surface area contributed by atoms with Crippen molar-refractivity contribution >= 4 is 29.0 Å². The topological polar surface area (TPSA) is 56.7 Å². The average molecular weight is 257 g/mol. The van der Waals surface area contributed by atoms with Gasteiger partial charge in [-0.2, -0.15) is 0 Å². The van der Waals surface area contributed by atoms with E-state index in [1.807, 2.05) is 13.0 Å². The van der Waals surface area contributed by atoms with Gasteiger partial charge in [0.2, 0.25) is 0 Å². The number of aromatic nitrogens is 3. The summed E-state index contributed by atoms with van der Waals surface area (Å²) in [6, 6.07) is 5.35. The second-order valence-corrected chi connectivity index (χ2v) is 4.04. The fraction of sp³-hybridized carbons (Fsp3) is 0.200. The average Bonchev–Trinajstić information content (AvgIpc) is 2.63. The Bertz CT molecular complexity index is 522. The van der Waals surface area contributed by atoms with E-state index in [-0.39, 0.29) is 0 Å². The van der Waals surface area contributed by atoms with Gasteiger partial charge in [-0.25, -0.2) is 4.68 Å². The molecule has 0 saturated carbocycles. The number of nitrogens with zero attached hydrogens (tertiary/aromatic N) is 3. The number of benzene rings is 1. The molecule has 0 aliphatic rings. The highest BCUT2D eigenvalue weighted by atomic mass is 35.5. The van der Waals surface area contributed by atoms with Gasteiger partial charge in [-0.15, -0.1) is 5.10 Å². The number of rotatable bonds is 2. The van der Waals surface area contributed by atoms with Crippen LogP contribution in [-0.4, -0.2) is 15.0 Å². The molecule has 6 heteroatoms. The van der Waals surface area contributed by atoms with E-state index in [1.54, 1.807) is 16.8 Å². The van der Waals surface area contributed by atoms with Crippen molar-refractivity contribution in [2.24, 2.45) is 0 Å². The Labute approximate surface area is 103 Å². The van der Waals surface area contributed by atoms with Gasteiger partial charge in [-0.05, 0) is 18.6 Å². The summed E-state index contributed by atoms with van der Waals surface area (Å²) in [5, 5.41) is 8.71. The van der Waals surface area contributed by atoms with E-state index in [0.29, 0.717) is 21.6 Å². The highest BCUT2D eigenvalue weighted by Gasteiger charge is 2.13. The van der Waals surface area contributed by atoms with Crippen LogP contribution < -0.4 is 5.73 Å². The van der Waals surface area contributed by atoms with Crippen LogP contribution in [0.15, 0.2) is 18.2 Å². The van der Waals surface area contributed by atoms with Gasteiger partial charge in [0.05, 0.1) is 21.4 Å². The first kappa shape index (κ1) is 11.2. The predicted molar refractivity (Wildman–Crippen MR) is 65.2 cm³/mol. The molecule has 0 spiro atoms. The molecule has 0 fully saturated rings. The lowest BCUT2D eigenvalue weighted by atomic mass is 10.3. The lowest BCUT2D eigenvalue weighted by Crippen LogP contribution is -2.03. The van der Waals surface area contributed by atoms with Crippen LogP contribution in [-0.2, 0) is 6.42 Å². The third kappa shape index (κ3) is 1.74. The Morgan fingerprint density at radius 1 is 1.38 bits per heavy atom. The van der Waals surface area contributed by atoms with Gasteiger partial charge in [0.15, 0.2) is 5.82 Å². The maximum atomic E-state index is 6.10. The van der Waals surface area contributed by atoms with E-state index < -0.39 is 0 Å². The molecule has 0 saturated heterocycles. The quantitative estimate of drug-likeness (QED) is 0.899. The van der Waals surface area contributed by atoms with Crippen LogP contribution in [0.5, 0.6) is 0 Å². The summed E-state index contributed by atoms with van der Waals surface area (Å²) in [6.07, 6.45) is 0.724. The molecule has 16 heavy (non-hydrogen) atoms. The summed E-state index contributed by atoms with van der Waals surface area (Å²) < 4.78 is 1.61. The molecule has 1 aromatic heterocycles. The Hall–Kier alpha value is -1.26. The van der Waals surface area contributed by atoms with Crippen molar-refractivity contribution in [3.63, 3.8) is 0 Å². The summed E-state index contributed by atoms with van der Waals surface area (Å²) in [5.74, 6) is 0.415. The van der Waals surface area contributed by atoms with Gasteiger partial charge in [0, 0.05) is 0 Å². The Morgan fingerprint density at radius 2 is 2.12 bits per heavy atom. The molecule has 2 N–H and O–H groups in total. The van der Waals surface area contributed by atoms with Crippen LogP contribution >= 0.6 is 23.2 Å². The molecule has 1 heterocycles. The third-order valence-corrected chi connectivity index (χ3v) is 3.10. The van der Waals surface area contributed by atoms with Gasteiger partial charge >= 0.3 is 0 Å². The van der Waals surface area contributed by atoms with Crippen molar-refractivity contribution in [3.05, 3.63) is 33.9 Å². The molecule has 0 amide bonds. The predicted octanol–water partition coefficient (Wildman–Crippen LogP) is 2.72. The van der Waals surface area contributed by atoms with E-state index in [1.165, 1.54) is 0 Å². The largest absolute Gasteiger partial charge is 0.381 e. The van der Waals surface area contributed by atoms with E-state index >= 15 is 0 Å². The van der Waals surface area contributed by atoms with Crippen molar-refractivity contribution in [1.82, 2.24) is 15.0 Å². The molecule has 0 atom stereocenters. The summed E-state index contributed by atoms with van der Waals surface area (Å²) in [4.78, 5) is 0. The molecule has 1 aromatic carbocycles. The number of halogens is 2. The van der Waals surface area contributed by atoms with Crippen LogP contribution in [0.3, 0.4) is 0 Å². The van der Waals surface area contributed by atoms with E-state index in [9.17, 15) is 0 Å². The minimum absolute atomic E-state index is 0.415. The second kappa shape index (κ2) is 4.31. The van der Waals surface area contributed by atoms with Gasteiger partial charge in [0.1, 0.15) is 0 Å². The molecule has 0 aliphatic carbocycles. The fourth-order valence-corrected chi connectivity index (χ4v) is 1.87. The Kier molecular flexibility index (Phi) is 3.03. The van der Waals surface area contributed by atoms with Gasteiger partial charge in [-0.3, -0.25) is 0 Å².